The average molecular weight is 208 g/mol. The molecule has 7 heteroatoms. The van der Waals surface area contributed by atoms with E-state index < -0.39 is 31.2 Å². The standard InChI is InChI=1S/C6H12N2O4S/c9-1-4(2-10)7-6(12)5(3-11)8-13/h1,4-5,8,10-11,13H,2-3H2,(H,7,12)/t4-,5+/m1/s1. The average Bonchev–Trinajstić information content (AvgIpc) is 2.16. The Kier molecular flexibility index (Phi) is 6.51. The fourth-order valence-electron chi connectivity index (χ4n) is 0.588. The van der Waals surface area contributed by atoms with E-state index in [2.05, 4.69) is 22.9 Å². The summed E-state index contributed by atoms with van der Waals surface area (Å²) in [5.41, 5.74) is 0. The number of aldehydes is 1. The van der Waals surface area contributed by atoms with Crippen LogP contribution in [0.4, 0.5) is 0 Å². The van der Waals surface area contributed by atoms with Gasteiger partial charge in [-0.05, 0) is 0 Å². The van der Waals surface area contributed by atoms with Crippen LogP contribution in [0.25, 0.3) is 0 Å². The van der Waals surface area contributed by atoms with Gasteiger partial charge in [-0.3, -0.25) is 9.52 Å². The molecule has 0 aromatic carbocycles. The molecule has 0 aliphatic rings. The van der Waals surface area contributed by atoms with Gasteiger partial charge in [-0.1, -0.05) is 12.8 Å². The van der Waals surface area contributed by atoms with E-state index >= 15 is 0 Å². The molecule has 0 unspecified atom stereocenters. The van der Waals surface area contributed by atoms with Gasteiger partial charge in [-0.15, -0.1) is 0 Å². The Hall–Kier alpha value is -0.630. The number of aliphatic hydroxyl groups is 2. The zero-order valence-corrected chi connectivity index (χ0v) is 7.70. The summed E-state index contributed by atoms with van der Waals surface area (Å²) in [5, 5.41) is 19.4. The van der Waals surface area contributed by atoms with Crippen molar-refractivity contribution in [3.05, 3.63) is 0 Å². The minimum Gasteiger partial charge on any atom is -0.394 e. The Morgan fingerprint density at radius 3 is 2.38 bits per heavy atom. The number of carbonyl (C=O) groups excluding carboxylic acids is 2. The Balaban J connectivity index is 4.02. The minimum atomic E-state index is -0.941. The maximum absolute atomic E-state index is 11.1. The van der Waals surface area contributed by atoms with Gasteiger partial charge in [-0.25, -0.2) is 0 Å². The predicted molar refractivity (Wildman–Crippen MR) is 48.1 cm³/mol. The number of carbonyl (C=O) groups is 2. The van der Waals surface area contributed by atoms with E-state index in [-0.39, 0.29) is 0 Å². The van der Waals surface area contributed by atoms with Crippen LogP contribution in [0.3, 0.4) is 0 Å². The topological polar surface area (TPSA) is 98.7 Å². The van der Waals surface area contributed by atoms with Gasteiger partial charge in [0.15, 0.2) is 0 Å². The van der Waals surface area contributed by atoms with Crippen molar-refractivity contribution >= 4 is 25.0 Å². The van der Waals surface area contributed by atoms with Gasteiger partial charge < -0.3 is 20.3 Å². The van der Waals surface area contributed by atoms with E-state index in [4.69, 9.17) is 10.2 Å². The van der Waals surface area contributed by atoms with Crippen molar-refractivity contribution in [2.45, 2.75) is 12.1 Å². The van der Waals surface area contributed by atoms with Crippen molar-refractivity contribution in [2.75, 3.05) is 13.2 Å². The Labute approximate surface area is 80.9 Å². The zero-order chi connectivity index (χ0) is 10.3. The molecule has 13 heavy (non-hydrogen) atoms. The molecular weight excluding hydrogens is 196 g/mol. The normalized spacial score (nSPS) is 14.7. The highest BCUT2D eigenvalue weighted by molar-refractivity contribution is 7.78. The van der Waals surface area contributed by atoms with Crippen LogP contribution in [-0.4, -0.2) is 47.7 Å². The number of hydrogen-bond acceptors (Lipinski definition) is 6. The van der Waals surface area contributed by atoms with Crippen molar-refractivity contribution in [3.63, 3.8) is 0 Å². The quantitative estimate of drug-likeness (QED) is 0.245. The van der Waals surface area contributed by atoms with Crippen molar-refractivity contribution in [1.29, 1.82) is 0 Å². The molecule has 0 fully saturated rings. The van der Waals surface area contributed by atoms with E-state index in [0.29, 0.717) is 6.29 Å². The van der Waals surface area contributed by atoms with Gasteiger partial charge in [0.1, 0.15) is 18.4 Å². The van der Waals surface area contributed by atoms with E-state index in [1.165, 1.54) is 0 Å². The molecule has 0 aliphatic carbocycles. The van der Waals surface area contributed by atoms with Crippen molar-refractivity contribution in [2.24, 2.45) is 0 Å². The first-order valence-electron chi connectivity index (χ1n) is 3.56. The molecule has 0 spiro atoms. The first-order chi connectivity index (χ1) is 6.19. The highest BCUT2D eigenvalue weighted by atomic mass is 32.1. The summed E-state index contributed by atoms with van der Waals surface area (Å²) in [7, 11) is 0. The minimum absolute atomic E-state index is 0.408. The van der Waals surface area contributed by atoms with Crippen LogP contribution in [0, 0.1) is 0 Å². The number of aliphatic hydroxyl groups excluding tert-OH is 2. The molecule has 0 heterocycles. The Morgan fingerprint density at radius 1 is 1.46 bits per heavy atom. The number of amides is 1. The lowest BCUT2D eigenvalue weighted by molar-refractivity contribution is -0.126. The second-order valence-electron chi connectivity index (χ2n) is 2.30. The molecule has 0 aromatic heterocycles. The fraction of sp³-hybridized carbons (Fsp3) is 0.667. The number of rotatable bonds is 6. The lowest BCUT2D eigenvalue weighted by Crippen LogP contribution is -2.48. The molecule has 0 bridgehead atoms. The van der Waals surface area contributed by atoms with Gasteiger partial charge in [0.25, 0.3) is 0 Å². The molecule has 6 nitrogen and oxygen atoms in total. The van der Waals surface area contributed by atoms with Crippen LogP contribution in [0.15, 0.2) is 0 Å². The second-order valence-corrected chi connectivity index (χ2v) is 2.56. The molecule has 0 aromatic rings. The molecule has 0 radical (unpaired) electrons. The summed E-state index contributed by atoms with van der Waals surface area (Å²) < 4.78 is 2.24. The van der Waals surface area contributed by atoms with Gasteiger partial charge in [0.05, 0.1) is 13.2 Å². The third-order valence-corrected chi connectivity index (χ3v) is 1.66. The van der Waals surface area contributed by atoms with Gasteiger partial charge >= 0.3 is 0 Å². The molecular formula is C6H12N2O4S. The third-order valence-electron chi connectivity index (χ3n) is 1.34. The summed E-state index contributed by atoms with van der Waals surface area (Å²) in [4.78, 5) is 21.3. The first-order valence-corrected chi connectivity index (χ1v) is 4.01. The maximum Gasteiger partial charge on any atom is 0.241 e. The summed E-state index contributed by atoms with van der Waals surface area (Å²) >= 11 is 3.59. The largest absolute Gasteiger partial charge is 0.394 e. The van der Waals surface area contributed by atoms with Gasteiger partial charge in [0, 0.05) is 0 Å². The zero-order valence-electron chi connectivity index (χ0n) is 6.80. The Morgan fingerprint density at radius 2 is 2.08 bits per heavy atom. The van der Waals surface area contributed by atoms with E-state index in [9.17, 15) is 9.59 Å². The molecule has 0 saturated carbocycles. The molecule has 76 valence electrons. The van der Waals surface area contributed by atoms with Crippen LogP contribution >= 0.6 is 12.8 Å². The predicted octanol–water partition coefficient (Wildman–Crippen LogP) is -2.54. The van der Waals surface area contributed by atoms with Crippen LogP contribution in [0.5, 0.6) is 0 Å². The van der Waals surface area contributed by atoms with Crippen molar-refractivity contribution in [1.82, 2.24) is 10.0 Å². The van der Waals surface area contributed by atoms with E-state index in [1.807, 2.05) is 0 Å². The van der Waals surface area contributed by atoms with Crippen molar-refractivity contribution < 1.29 is 19.8 Å². The highest BCUT2D eigenvalue weighted by Crippen LogP contribution is 1.86. The number of hydrogen-bond donors (Lipinski definition) is 5. The number of thiol groups is 1. The summed E-state index contributed by atoms with van der Waals surface area (Å²) in [6, 6.07) is -1.83. The van der Waals surface area contributed by atoms with Crippen molar-refractivity contribution in [3.8, 4) is 0 Å². The third kappa shape index (κ3) is 4.23. The summed E-state index contributed by atoms with van der Waals surface area (Å²) in [6.45, 7) is -0.910. The van der Waals surface area contributed by atoms with Gasteiger partial charge in [-0.2, -0.15) is 0 Å². The monoisotopic (exact) mass is 208 g/mol. The number of nitrogens with one attached hydrogen (secondary N) is 2. The lowest BCUT2D eigenvalue weighted by atomic mass is 10.2. The smallest absolute Gasteiger partial charge is 0.241 e. The second kappa shape index (κ2) is 6.84. The van der Waals surface area contributed by atoms with E-state index in [1.54, 1.807) is 0 Å². The first kappa shape index (κ1) is 12.4. The van der Waals surface area contributed by atoms with E-state index in [0.717, 1.165) is 0 Å². The van der Waals surface area contributed by atoms with Crippen LogP contribution in [-0.2, 0) is 9.59 Å². The summed E-state index contributed by atoms with van der Waals surface area (Å²) in [5.74, 6) is -0.594. The highest BCUT2D eigenvalue weighted by Gasteiger charge is 2.18. The van der Waals surface area contributed by atoms with Crippen LogP contribution in [0.1, 0.15) is 0 Å². The SMILES string of the molecule is O=C[C@H](CO)NC(=O)[C@H](CO)NS. The molecule has 2 atom stereocenters. The maximum atomic E-state index is 11.1. The molecule has 0 aliphatic heterocycles. The fourth-order valence-corrected chi connectivity index (χ4v) is 0.787. The van der Waals surface area contributed by atoms with Gasteiger partial charge in [0.2, 0.25) is 5.91 Å². The molecule has 0 saturated heterocycles. The van der Waals surface area contributed by atoms with Crippen LogP contribution < -0.4 is 10.0 Å². The molecule has 4 N–H and O–H groups in total. The molecule has 1 amide bonds. The van der Waals surface area contributed by atoms with Crippen LogP contribution in [0.2, 0.25) is 0 Å². The summed E-state index contributed by atoms with van der Waals surface area (Å²) in [6.07, 6.45) is 0.408. The molecule has 0 rings (SSSR count). The lowest BCUT2D eigenvalue weighted by Gasteiger charge is -2.15. The Bertz CT molecular complexity index is 174.